The number of amides is 2. The number of hydrogen-bond acceptors (Lipinski definition) is 6. The van der Waals surface area contributed by atoms with E-state index in [9.17, 15) is 14.0 Å². The molecule has 9 nitrogen and oxygen atoms in total. The third-order valence-corrected chi connectivity index (χ3v) is 4.86. The van der Waals surface area contributed by atoms with Gasteiger partial charge in [0.25, 0.3) is 11.8 Å². The Hall–Kier alpha value is -3.82. The summed E-state index contributed by atoms with van der Waals surface area (Å²) in [4.78, 5) is 28.4. The lowest BCUT2D eigenvalue weighted by atomic mass is 10.1. The number of anilines is 1. The van der Waals surface area contributed by atoms with Crippen molar-refractivity contribution in [3.8, 4) is 17.3 Å². The van der Waals surface area contributed by atoms with Gasteiger partial charge in [-0.25, -0.2) is 9.37 Å². The van der Waals surface area contributed by atoms with Crippen LogP contribution in [0.5, 0.6) is 5.75 Å². The van der Waals surface area contributed by atoms with Gasteiger partial charge >= 0.3 is 0 Å². The van der Waals surface area contributed by atoms with E-state index < -0.39 is 23.7 Å². The molecule has 1 atom stereocenters. The van der Waals surface area contributed by atoms with E-state index in [1.54, 1.807) is 24.5 Å². The van der Waals surface area contributed by atoms with Gasteiger partial charge in [-0.15, -0.1) is 10.2 Å². The smallest absolute Gasteiger partial charge is 0.271 e. The fourth-order valence-corrected chi connectivity index (χ4v) is 3.28. The zero-order chi connectivity index (χ0) is 20.1. The van der Waals surface area contributed by atoms with E-state index in [1.165, 1.54) is 0 Å². The van der Waals surface area contributed by atoms with Crippen LogP contribution in [0.3, 0.4) is 0 Å². The Morgan fingerprint density at radius 3 is 2.90 bits per heavy atom. The number of rotatable bonds is 4. The van der Waals surface area contributed by atoms with Gasteiger partial charge in [0.05, 0.1) is 16.9 Å². The highest BCUT2D eigenvalue weighted by Gasteiger charge is 2.33. The Morgan fingerprint density at radius 1 is 1.31 bits per heavy atom. The molecule has 1 aromatic carbocycles. The maximum Gasteiger partial charge on any atom is 0.271 e. The minimum Gasteiger partial charge on any atom is -0.472 e. The van der Waals surface area contributed by atoms with Crippen LogP contribution in [0.25, 0.3) is 11.5 Å². The summed E-state index contributed by atoms with van der Waals surface area (Å²) in [6.07, 6.45) is 2.71. The topological polar surface area (TPSA) is 125 Å². The van der Waals surface area contributed by atoms with Crippen LogP contribution in [0.2, 0.25) is 0 Å². The maximum absolute atomic E-state index is 14.1. The predicted molar refractivity (Wildman–Crippen MR) is 98.4 cm³/mol. The number of fused-ring (bicyclic) bond motifs is 1. The molecular weight excluding hydrogens is 379 g/mol. The summed E-state index contributed by atoms with van der Waals surface area (Å²) >= 11 is 0. The summed E-state index contributed by atoms with van der Waals surface area (Å²) < 4.78 is 21.8. The van der Waals surface area contributed by atoms with Crippen molar-refractivity contribution in [3.05, 3.63) is 53.7 Å². The average Bonchev–Trinajstić information content (AvgIpc) is 3.43. The summed E-state index contributed by atoms with van der Waals surface area (Å²) in [6.45, 7) is 0. The number of hydrogen-bond donors (Lipinski definition) is 2. The minimum absolute atomic E-state index is 0.0884. The highest BCUT2D eigenvalue weighted by molar-refractivity contribution is 6.01. The SMILES string of the molecule is NC(=O)c1cc2c(cc1F)OC(c1cccc(-c3nncn3C3CC3)n1)C(=O)N2. The number of carbonyl (C=O) groups is 2. The molecule has 146 valence electrons. The minimum atomic E-state index is -1.08. The fraction of sp³-hybridized carbons (Fsp3) is 0.211. The number of halogens is 1. The second-order valence-electron chi connectivity index (χ2n) is 6.92. The first-order valence-corrected chi connectivity index (χ1v) is 8.99. The largest absolute Gasteiger partial charge is 0.472 e. The number of carbonyl (C=O) groups excluding carboxylic acids is 2. The van der Waals surface area contributed by atoms with Crippen molar-refractivity contribution >= 4 is 17.5 Å². The summed E-state index contributed by atoms with van der Waals surface area (Å²) in [7, 11) is 0. The van der Waals surface area contributed by atoms with E-state index in [0.29, 0.717) is 23.3 Å². The molecule has 3 heterocycles. The van der Waals surface area contributed by atoms with Gasteiger partial charge in [-0.3, -0.25) is 9.59 Å². The summed E-state index contributed by atoms with van der Waals surface area (Å²) in [5, 5.41) is 10.7. The number of nitrogens with one attached hydrogen (secondary N) is 1. The third kappa shape index (κ3) is 2.98. The molecular formula is C19H15FN6O3. The van der Waals surface area contributed by atoms with Gasteiger partial charge in [-0.2, -0.15) is 0 Å². The van der Waals surface area contributed by atoms with Gasteiger partial charge in [0, 0.05) is 12.1 Å². The number of ether oxygens (including phenoxy) is 1. The van der Waals surface area contributed by atoms with Crippen LogP contribution in [0.15, 0.2) is 36.7 Å². The van der Waals surface area contributed by atoms with Crippen LogP contribution in [-0.2, 0) is 4.79 Å². The molecule has 29 heavy (non-hydrogen) atoms. The number of benzene rings is 1. The van der Waals surface area contributed by atoms with Gasteiger partial charge in [0.15, 0.2) is 5.82 Å². The highest BCUT2D eigenvalue weighted by atomic mass is 19.1. The Bertz CT molecular complexity index is 1160. The summed E-state index contributed by atoms with van der Waals surface area (Å²) in [5.74, 6) is -1.55. The Morgan fingerprint density at radius 2 is 2.14 bits per heavy atom. The molecule has 1 aliphatic carbocycles. The Kier molecular flexibility index (Phi) is 3.79. The first kappa shape index (κ1) is 17.3. The van der Waals surface area contributed by atoms with Crippen LogP contribution in [0.4, 0.5) is 10.1 Å². The quantitative estimate of drug-likeness (QED) is 0.697. The number of aromatic nitrogens is 4. The summed E-state index contributed by atoms with van der Waals surface area (Å²) in [6, 6.07) is 7.71. The van der Waals surface area contributed by atoms with Crippen molar-refractivity contribution < 1.29 is 18.7 Å². The van der Waals surface area contributed by atoms with Crippen LogP contribution in [0, 0.1) is 5.82 Å². The molecule has 1 saturated carbocycles. The Balaban J connectivity index is 1.49. The van der Waals surface area contributed by atoms with Crippen molar-refractivity contribution in [2.24, 2.45) is 5.73 Å². The first-order chi connectivity index (χ1) is 14.0. The van der Waals surface area contributed by atoms with Gasteiger partial charge in [0.2, 0.25) is 6.10 Å². The van der Waals surface area contributed by atoms with Crippen molar-refractivity contribution in [1.29, 1.82) is 0 Å². The molecule has 0 bridgehead atoms. The predicted octanol–water partition coefficient (Wildman–Crippen LogP) is 1.99. The van der Waals surface area contributed by atoms with Crippen LogP contribution in [-0.4, -0.2) is 31.6 Å². The molecule has 2 aromatic heterocycles. The van der Waals surface area contributed by atoms with E-state index in [2.05, 4.69) is 20.5 Å². The molecule has 0 radical (unpaired) electrons. The van der Waals surface area contributed by atoms with Gasteiger partial charge < -0.3 is 20.4 Å². The zero-order valence-electron chi connectivity index (χ0n) is 15.0. The molecule has 2 amide bonds. The van der Waals surface area contributed by atoms with Crippen LogP contribution in [0.1, 0.15) is 41.0 Å². The molecule has 3 aromatic rings. The molecule has 1 aliphatic heterocycles. The van der Waals surface area contributed by atoms with E-state index in [0.717, 1.165) is 25.0 Å². The summed E-state index contributed by atoms with van der Waals surface area (Å²) in [5.41, 5.74) is 5.89. The molecule has 0 spiro atoms. The molecule has 10 heteroatoms. The maximum atomic E-state index is 14.1. The molecule has 2 aliphatic rings. The van der Waals surface area contributed by atoms with Crippen molar-refractivity contribution in [2.75, 3.05) is 5.32 Å². The lowest BCUT2D eigenvalue weighted by Gasteiger charge is -2.26. The second kappa shape index (κ2) is 6.36. The molecule has 5 rings (SSSR count). The lowest BCUT2D eigenvalue weighted by Crippen LogP contribution is -2.31. The van der Waals surface area contributed by atoms with E-state index in [1.807, 2.05) is 4.57 Å². The second-order valence-corrected chi connectivity index (χ2v) is 6.92. The van der Waals surface area contributed by atoms with Crippen molar-refractivity contribution in [2.45, 2.75) is 25.0 Å². The van der Waals surface area contributed by atoms with Crippen LogP contribution >= 0.6 is 0 Å². The number of nitrogens with zero attached hydrogens (tertiary/aromatic N) is 4. The number of primary amides is 1. The van der Waals surface area contributed by atoms with E-state index in [4.69, 9.17) is 10.5 Å². The zero-order valence-corrected chi connectivity index (χ0v) is 15.0. The third-order valence-electron chi connectivity index (χ3n) is 4.86. The fourth-order valence-electron chi connectivity index (χ4n) is 3.28. The van der Waals surface area contributed by atoms with Crippen molar-refractivity contribution in [1.82, 2.24) is 19.7 Å². The van der Waals surface area contributed by atoms with Gasteiger partial charge in [-0.1, -0.05) is 6.07 Å². The molecule has 3 N–H and O–H groups in total. The standard InChI is InChI=1S/C19H15FN6O3/c20-11-7-15-14(6-10(11)17(21)27)24-19(28)16(29-15)12-2-1-3-13(23-12)18-25-22-8-26(18)9-4-5-9/h1-3,6-9,16H,4-5H2,(H2,21,27)(H,24,28). The Labute approximate surface area is 163 Å². The average molecular weight is 394 g/mol. The van der Waals surface area contributed by atoms with Crippen molar-refractivity contribution in [3.63, 3.8) is 0 Å². The first-order valence-electron chi connectivity index (χ1n) is 8.99. The monoisotopic (exact) mass is 394 g/mol. The highest BCUT2D eigenvalue weighted by Crippen LogP contribution is 2.38. The van der Waals surface area contributed by atoms with Gasteiger partial charge in [0.1, 0.15) is 23.6 Å². The van der Waals surface area contributed by atoms with Crippen LogP contribution < -0.4 is 15.8 Å². The number of pyridine rings is 1. The lowest BCUT2D eigenvalue weighted by molar-refractivity contribution is -0.123. The van der Waals surface area contributed by atoms with E-state index in [-0.39, 0.29) is 17.0 Å². The van der Waals surface area contributed by atoms with Gasteiger partial charge in [-0.05, 0) is 31.0 Å². The normalized spacial score (nSPS) is 18.0. The number of nitrogens with two attached hydrogens (primary N) is 1. The molecule has 1 unspecified atom stereocenters. The van der Waals surface area contributed by atoms with E-state index >= 15 is 0 Å². The molecule has 1 fully saturated rings. The molecule has 0 saturated heterocycles.